The van der Waals surface area contributed by atoms with E-state index in [0.29, 0.717) is 0 Å². The zero-order valence-corrected chi connectivity index (χ0v) is 11.1. The van der Waals surface area contributed by atoms with E-state index in [1.54, 1.807) is 0 Å². The molecule has 0 aliphatic carbocycles. The molecule has 0 spiro atoms. The maximum Gasteiger partial charge on any atom is 0.130 e. The van der Waals surface area contributed by atoms with Crippen molar-refractivity contribution in [2.45, 2.75) is 13.0 Å². The monoisotopic (exact) mass is 241 g/mol. The lowest BCUT2D eigenvalue weighted by Gasteiger charge is -2.17. The smallest absolute Gasteiger partial charge is 0.130 e. The van der Waals surface area contributed by atoms with E-state index in [1.165, 1.54) is 0 Å². The second kappa shape index (κ2) is 5.19. The number of nitrogens with zero attached hydrogens (tertiary/aromatic N) is 2. The third kappa shape index (κ3) is 2.51. The zero-order valence-electron chi connectivity index (χ0n) is 11.1. The van der Waals surface area contributed by atoms with Crippen LogP contribution in [0.5, 0.6) is 0 Å². The largest absolute Gasteiger partial charge is 0.363 e. The molecule has 0 saturated carbocycles. The minimum Gasteiger partial charge on any atom is -0.363 e. The van der Waals surface area contributed by atoms with Crippen LogP contribution in [-0.4, -0.2) is 19.1 Å². The van der Waals surface area contributed by atoms with Gasteiger partial charge in [-0.2, -0.15) is 0 Å². The molecule has 18 heavy (non-hydrogen) atoms. The fourth-order valence-electron chi connectivity index (χ4n) is 2.08. The lowest BCUT2D eigenvalue weighted by Crippen LogP contribution is -2.15. The number of pyridine rings is 1. The first kappa shape index (κ1) is 12.6. The van der Waals surface area contributed by atoms with Gasteiger partial charge in [0, 0.05) is 20.3 Å². The van der Waals surface area contributed by atoms with Crippen molar-refractivity contribution in [3.05, 3.63) is 59.3 Å². The number of rotatable bonds is 3. The molecule has 0 amide bonds. The minimum absolute atomic E-state index is 0.117. The van der Waals surface area contributed by atoms with E-state index in [0.717, 1.165) is 22.5 Å². The number of aryl methyl sites for hydroxylation is 1. The Labute approximate surface area is 108 Å². The quantitative estimate of drug-likeness (QED) is 0.897. The molecule has 0 unspecified atom stereocenters. The molecule has 0 saturated heterocycles. The van der Waals surface area contributed by atoms with Crippen molar-refractivity contribution >= 4 is 5.82 Å². The van der Waals surface area contributed by atoms with Crippen LogP contribution in [-0.2, 0) is 0 Å². The highest BCUT2D eigenvalue weighted by Crippen LogP contribution is 2.22. The Kier molecular flexibility index (Phi) is 3.63. The Bertz CT molecular complexity index is 521. The highest BCUT2D eigenvalue weighted by molar-refractivity contribution is 5.47. The van der Waals surface area contributed by atoms with Crippen LogP contribution in [0.25, 0.3) is 0 Å². The van der Waals surface area contributed by atoms with E-state index in [4.69, 9.17) is 5.73 Å². The molecule has 0 radical (unpaired) electrons. The molecule has 2 rings (SSSR count). The van der Waals surface area contributed by atoms with Crippen LogP contribution < -0.4 is 10.6 Å². The van der Waals surface area contributed by atoms with Gasteiger partial charge in [0.15, 0.2) is 0 Å². The Morgan fingerprint density at radius 2 is 1.78 bits per heavy atom. The van der Waals surface area contributed by atoms with Crippen molar-refractivity contribution in [3.8, 4) is 0 Å². The molecule has 3 nitrogen and oxygen atoms in total. The van der Waals surface area contributed by atoms with Crippen molar-refractivity contribution in [2.75, 3.05) is 19.0 Å². The molecule has 1 aromatic carbocycles. The molecule has 3 heteroatoms. The summed E-state index contributed by atoms with van der Waals surface area (Å²) >= 11 is 0. The average Bonchev–Trinajstić information content (AvgIpc) is 2.38. The average molecular weight is 241 g/mol. The number of anilines is 1. The Morgan fingerprint density at radius 3 is 2.33 bits per heavy atom. The summed E-state index contributed by atoms with van der Waals surface area (Å²) < 4.78 is 0. The molecule has 94 valence electrons. The molecule has 0 aliphatic heterocycles. The third-order valence-electron chi connectivity index (χ3n) is 3.01. The molecule has 0 bridgehead atoms. The second-order valence-corrected chi connectivity index (χ2v) is 4.69. The van der Waals surface area contributed by atoms with Gasteiger partial charge in [0.05, 0.1) is 6.04 Å². The third-order valence-corrected chi connectivity index (χ3v) is 3.01. The molecule has 0 fully saturated rings. The number of benzene rings is 1. The lowest BCUT2D eigenvalue weighted by atomic mass is 10.00. The normalized spacial score (nSPS) is 12.2. The zero-order chi connectivity index (χ0) is 13.1. The van der Waals surface area contributed by atoms with Crippen molar-refractivity contribution < 1.29 is 0 Å². The summed E-state index contributed by atoms with van der Waals surface area (Å²) in [5.41, 5.74) is 9.55. The van der Waals surface area contributed by atoms with Gasteiger partial charge in [0.1, 0.15) is 5.82 Å². The van der Waals surface area contributed by atoms with E-state index in [2.05, 4.69) is 18.0 Å². The Hall–Kier alpha value is -1.87. The van der Waals surface area contributed by atoms with Gasteiger partial charge in [-0.05, 0) is 29.7 Å². The van der Waals surface area contributed by atoms with Crippen molar-refractivity contribution in [2.24, 2.45) is 5.73 Å². The molecular formula is C15H19N3. The van der Waals surface area contributed by atoms with Crippen LogP contribution in [0.15, 0.2) is 42.6 Å². The van der Waals surface area contributed by atoms with Gasteiger partial charge in [0.25, 0.3) is 0 Å². The van der Waals surface area contributed by atoms with Gasteiger partial charge in [-0.15, -0.1) is 0 Å². The first-order valence-corrected chi connectivity index (χ1v) is 6.04. The van der Waals surface area contributed by atoms with E-state index >= 15 is 0 Å². The SMILES string of the molecule is Cc1cc([C@H](N)c2ccccc2)cnc1N(C)C. The number of aromatic nitrogens is 1. The first-order valence-electron chi connectivity index (χ1n) is 6.04. The van der Waals surface area contributed by atoms with Crippen LogP contribution in [0.3, 0.4) is 0 Å². The van der Waals surface area contributed by atoms with Gasteiger partial charge >= 0.3 is 0 Å². The van der Waals surface area contributed by atoms with Crippen LogP contribution >= 0.6 is 0 Å². The molecular weight excluding hydrogens is 222 g/mol. The van der Waals surface area contributed by atoms with Gasteiger partial charge in [0.2, 0.25) is 0 Å². The van der Waals surface area contributed by atoms with E-state index in [-0.39, 0.29) is 6.04 Å². The Morgan fingerprint density at radius 1 is 1.11 bits per heavy atom. The standard InChI is InChI=1S/C15H19N3/c1-11-9-13(10-17-15(11)18(2)3)14(16)12-7-5-4-6-8-12/h4-10,14H,16H2,1-3H3/t14-/m1/s1. The van der Waals surface area contributed by atoms with Gasteiger partial charge in [-0.25, -0.2) is 4.98 Å². The highest BCUT2D eigenvalue weighted by Gasteiger charge is 2.11. The molecule has 1 aromatic heterocycles. The van der Waals surface area contributed by atoms with Crippen molar-refractivity contribution in [1.29, 1.82) is 0 Å². The predicted octanol–water partition coefficient (Wildman–Crippen LogP) is 2.50. The fraction of sp³-hybridized carbons (Fsp3) is 0.267. The molecule has 2 aromatic rings. The number of hydrogen-bond acceptors (Lipinski definition) is 3. The minimum atomic E-state index is -0.117. The summed E-state index contributed by atoms with van der Waals surface area (Å²) in [7, 11) is 3.98. The summed E-state index contributed by atoms with van der Waals surface area (Å²) in [6.45, 7) is 2.06. The fourth-order valence-corrected chi connectivity index (χ4v) is 2.08. The second-order valence-electron chi connectivity index (χ2n) is 4.69. The van der Waals surface area contributed by atoms with Crippen LogP contribution in [0.4, 0.5) is 5.82 Å². The van der Waals surface area contributed by atoms with Gasteiger partial charge in [-0.1, -0.05) is 30.3 Å². The van der Waals surface area contributed by atoms with Gasteiger partial charge in [-0.3, -0.25) is 0 Å². The molecule has 0 aliphatic rings. The summed E-state index contributed by atoms with van der Waals surface area (Å²) in [4.78, 5) is 6.48. The summed E-state index contributed by atoms with van der Waals surface area (Å²) in [6, 6.07) is 12.1. The highest BCUT2D eigenvalue weighted by atomic mass is 15.1. The number of hydrogen-bond donors (Lipinski definition) is 1. The summed E-state index contributed by atoms with van der Waals surface area (Å²) in [6.07, 6.45) is 1.86. The van der Waals surface area contributed by atoms with Crippen LogP contribution in [0.2, 0.25) is 0 Å². The van der Waals surface area contributed by atoms with Crippen LogP contribution in [0, 0.1) is 6.92 Å². The lowest BCUT2D eigenvalue weighted by molar-refractivity contribution is 0.858. The van der Waals surface area contributed by atoms with E-state index in [1.807, 2.05) is 55.5 Å². The number of nitrogens with two attached hydrogens (primary N) is 1. The molecule has 1 heterocycles. The van der Waals surface area contributed by atoms with E-state index < -0.39 is 0 Å². The maximum atomic E-state index is 6.26. The molecule has 2 N–H and O–H groups in total. The topological polar surface area (TPSA) is 42.1 Å². The molecule has 1 atom stereocenters. The van der Waals surface area contributed by atoms with Crippen LogP contribution in [0.1, 0.15) is 22.7 Å². The van der Waals surface area contributed by atoms with E-state index in [9.17, 15) is 0 Å². The summed E-state index contributed by atoms with van der Waals surface area (Å²) in [5.74, 6) is 0.985. The van der Waals surface area contributed by atoms with Gasteiger partial charge < -0.3 is 10.6 Å². The summed E-state index contributed by atoms with van der Waals surface area (Å²) in [5, 5.41) is 0. The predicted molar refractivity (Wildman–Crippen MR) is 75.8 cm³/mol. The Balaban J connectivity index is 2.32. The van der Waals surface area contributed by atoms with Crippen molar-refractivity contribution in [1.82, 2.24) is 4.98 Å². The first-order chi connectivity index (χ1) is 8.59. The maximum absolute atomic E-state index is 6.26. The van der Waals surface area contributed by atoms with Crippen molar-refractivity contribution in [3.63, 3.8) is 0 Å².